The van der Waals surface area contributed by atoms with Crippen molar-refractivity contribution in [2.75, 3.05) is 0 Å². The zero-order valence-corrected chi connectivity index (χ0v) is 15.4. The van der Waals surface area contributed by atoms with E-state index in [-0.39, 0.29) is 5.97 Å². The summed E-state index contributed by atoms with van der Waals surface area (Å²) in [5.74, 6) is 0.517. The average Bonchev–Trinajstić information content (AvgIpc) is 2.96. The van der Waals surface area contributed by atoms with Crippen LogP contribution in [-0.4, -0.2) is 5.97 Å². The zero-order valence-electron chi connectivity index (χ0n) is 15.4. The van der Waals surface area contributed by atoms with Crippen LogP contribution in [0, 0.1) is 6.92 Å². The van der Waals surface area contributed by atoms with E-state index in [0.29, 0.717) is 18.6 Å². The topological polar surface area (TPSA) is 26.3 Å². The van der Waals surface area contributed by atoms with Crippen molar-refractivity contribution in [1.29, 1.82) is 0 Å². The van der Waals surface area contributed by atoms with Crippen molar-refractivity contribution in [3.05, 3.63) is 107 Å². The highest BCUT2D eigenvalue weighted by molar-refractivity contribution is 5.91. The van der Waals surface area contributed by atoms with Gasteiger partial charge in [-0.2, -0.15) is 0 Å². The van der Waals surface area contributed by atoms with Gasteiger partial charge in [-0.05, 0) is 37.0 Å². The van der Waals surface area contributed by atoms with Gasteiger partial charge in [-0.25, -0.2) is 0 Å². The first-order valence-corrected chi connectivity index (χ1v) is 9.26. The van der Waals surface area contributed by atoms with Gasteiger partial charge in [-0.1, -0.05) is 90.5 Å². The summed E-state index contributed by atoms with van der Waals surface area (Å²) >= 11 is 0. The molecule has 0 N–H and O–H groups in total. The second-order valence-electron chi connectivity index (χ2n) is 7.15. The molecular weight excluding hydrogens is 332 g/mol. The summed E-state index contributed by atoms with van der Waals surface area (Å²) in [4.78, 5) is 13.0. The van der Waals surface area contributed by atoms with E-state index in [9.17, 15) is 4.79 Å². The van der Waals surface area contributed by atoms with Gasteiger partial charge in [0.2, 0.25) is 0 Å². The molecule has 0 unspecified atom stereocenters. The van der Waals surface area contributed by atoms with E-state index < -0.39 is 5.41 Å². The molecule has 0 radical (unpaired) electrons. The predicted molar refractivity (Wildman–Crippen MR) is 109 cm³/mol. The Morgan fingerprint density at radius 3 is 2.37 bits per heavy atom. The molecule has 0 amide bonds. The van der Waals surface area contributed by atoms with Crippen LogP contribution in [0.25, 0.3) is 6.08 Å². The molecule has 3 aromatic rings. The molecule has 2 nitrogen and oxygen atoms in total. The molecule has 0 fully saturated rings. The number of esters is 1. The molecule has 0 bridgehead atoms. The average molecular weight is 354 g/mol. The maximum absolute atomic E-state index is 13.0. The molecule has 134 valence electrons. The number of fused-ring (bicyclic) bond motifs is 1. The smallest absolute Gasteiger partial charge is 0.322 e. The lowest BCUT2D eigenvalue weighted by Crippen LogP contribution is -2.35. The van der Waals surface area contributed by atoms with Gasteiger partial charge < -0.3 is 4.74 Å². The van der Waals surface area contributed by atoms with E-state index in [2.05, 4.69) is 55.5 Å². The summed E-state index contributed by atoms with van der Waals surface area (Å²) in [7, 11) is 0. The second kappa shape index (κ2) is 7.24. The Labute approximate surface area is 160 Å². The maximum Gasteiger partial charge on any atom is 0.322 e. The highest BCUT2D eigenvalue weighted by Crippen LogP contribution is 2.44. The van der Waals surface area contributed by atoms with Crippen LogP contribution in [0.5, 0.6) is 5.75 Å². The van der Waals surface area contributed by atoms with Gasteiger partial charge in [0, 0.05) is 5.56 Å². The van der Waals surface area contributed by atoms with Crippen LogP contribution >= 0.6 is 0 Å². The van der Waals surface area contributed by atoms with Gasteiger partial charge >= 0.3 is 5.97 Å². The van der Waals surface area contributed by atoms with Gasteiger partial charge in [0.25, 0.3) is 0 Å². The second-order valence-corrected chi connectivity index (χ2v) is 7.15. The number of hydrogen-bond donors (Lipinski definition) is 0. The fourth-order valence-corrected chi connectivity index (χ4v) is 3.71. The van der Waals surface area contributed by atoms with Gasteiger partial charge in [0.15, 0.2) is 0 Å². The summed E-state index contributed by atoms with van der Waals surface area (Å²) in [5.41, 5.74) is 3.80. The van der Waals surface area contributed by atoms with Crippen LogP contribution in [0.4, 0.5) is 0 Å². The van der Waals surface area contributed by atoms with Gasteiger partial charge in [-0.15, -0.1) is 0 Å². The first-order valence-electron chi connectivity index (χ1n) is 9.26. The summed E-state index contributed by atoms with van der Waals surface area (Å²) < 4.78 is 5.64. The number of aryl methyl sites for hydroxylation is 1. The first-order chi connectivity index (χ1) is 13.2. The van der Waals surface area contributed by atoms with E-state index in [1.165, 1.54) is 5.56 Å². The largest absolute Gasteiger partial charge is 0.426 e. The maximum atomic E-state index is 13.0. The minimum absolute atomic E-state index is 0.166. The molecule has 4 rings (SSSR count). The van der Waals surface area contributed by atoms with E-state index in [1.54, 1.807) is 0 Å². The van der Waals surface area contributed by atoms with Gasteiger partial charge in [0.05, 0.1) is 0 Å². The van der Waals surface area contributed by atoms with Crippen molar-refractivity contribution < 1.29 is 9.53 Å². The predicted octanol–water partition coefficient (Wildman–Crippen LogP) is 5.50. The van der Waals surface area contributed by atoms with E-state index in [4.69, 9.17) is 4.74 Å². The minimum Gasteiger partial charge on any atom is -0.426 e. The molecule has 0 aliphatic carbocycles. The minimum atomic E-state index is -0.681. The van der Waals surface area contributed by atoms with Crippen LogP contribution in [0.3, 0.4) is 0 Å². The Morgan fingerprint density at radius 2 is 1.59 bits per heavy atom. The van der Waals surface area contributed by atoms with Crippen LogP contribution in [0.1, 0.15) is 28.7 Å². The fourth-order valence-electron chi connectivity index (χ4n) is 3.71. The first kappa shape index (κ1) is 17.3. The van der Waals surface area contributed by atoms with E-state index >= 15 is 0 Å². The Balaban J connectivity index is 1.68. The zero-order chi connectivity index (χ0) is 18.7. The highest BCUT2D eigenvalue weighted by atomic mass is 16.5. The highest BCUT2D eigenvalue weighted by Gasteiger charge is 2.48. The molecular formula is C25H22O2. The van der Waals surface area contributed by atoms with Gasteiger partial charge in [0.1, 0.15) is 11.2 Å². The van der Waals surface area contributed by atoms with E-state index in [0.717, 1.165) is 16.7 Å². The molecule has 0 spiro atoms. The van der Waals surface area contributed by atoms with Crippen LogP contribution in [0.15, 0.2) is 84.9 Å². The molecule has 1 aliphatic heterocycles. The van der Waals surface area contributed by atoms with E-state index in [1.807, 2.05) is 42.5 Å². The van der Waals surface area contributed by atoms with Crippen molar-refractivity contribution in [3.63, 3.8) is 0 Å². The SMILES string of the molecule is Cc1ccc(/C=C/C[C@@]2(Cc3ccccc3)C(=O)Oc3ccccc32)cc1. The number of rotatable bonds is 5. The lowest BCUT2D eigenvalue weighted by molar-refractivity contribution is -0.138. The van der Waals surface area contributed by atoms with Crippen molar-refractivity contribution in [3.8, 4) is 5.75 Å². The Kier molecular flexibility index (Phi) is 4.64. The standard InChI is InChI=1S/C25H22O2/c1-19-13-15-20(16-14-19)10-7-17-25(18-21-8-3-2-4-9-21)22-11-5-6-12-23(22)27-24(25)26/h2-16H,17-18H2,1H3/b10-7+/t25-/m0/s1. The van der Waals surface area contributed by atoms with Crippen molar-refractivity contribution in [2.45, 2.75) is 25.2 Å². The fraction of sp³-hybridized carbons (Fsp3) is 0.160. The number of benzene rings is 3. The number of carbonyl (C=O) groups excluding carboxylic acids is 1. The molecule has 1 heterocycles. The van der Waals surface area contributed by atoms with Crippen LogP contribution in [-0.2, 0) is 16.6 Å². The number of carbonyl (C=O) groups is 1. The lowest BCUT2D eigenvalue weighted by Gasteiger charge is -2.25. The Hall–Kier alpha value is -3.13. The third kappa shape index (κ3) is 3.43. The third-order valence-corrected chi connectivity index (χ3v) is 5.20. The summed E-state index contributed by atoms with van der Waals surface area (Å²) in [6.45, 7) is 2.08. The molecule has 0 aromatic heterocycles. The summed E-state index contributed by atoms with van der Waals surface area (Å²) in [6.07, 6.45) is 5.41. The molecule has 3 aromatic carbocycles. The molecule has 0 saturated heterocycles. The molecule has 2 heteroatoms. The number of allylic oxidation sites excluding steroid dienone is 1. The van der Waals surface area contributed by atoms with Crippen molar-refractivity contribution in [2.24, 2.45) is 0 Å². The van der Waals surface area contributed by atoms with Crippen LogP contribution < -0.4 is 4.74 Å². The number of para-hydroxylation sites is 1. The molecule has 1 atom stereocenters. The summed E-state index contributed by atoms with van der Waals surface area (Å²) in [6, 6.07) is 26.3. The number of ether oxygens (including phenoxy) is 1. The molecule has 0 saturated carbocycles. The van der Waals surface area contributed by atoms with Crippen molar-refractivity contribution in [1.82, 2.24) is 0 Å². The summed E-state index contributed by atoms with van der Waals surface area (Å²) in [5, 5.41) is 0. The quantitative estimate of drug-likeness (QED) is 0.447. The normalized spacial score (nSPS) is 18.5. The molecule has 1 aliphatic rings. The number of hydrogen-bond acceptors (Lipinski definition) is 2. The molecule has 27 heavy (non-hydrogen) atoms. The Bertz CT molecular complexity index is 971. The third-order valence-electron chi connectivity index (χ3n) is 5.20. The lowest BCUT2D eigenvalue weighted by atomic mass is 9.74. The monoisotopic (exact) mass is 354 g/mol. The van der Waals surface area contributed by atoms with Crippen LogP contribution in [0.2, 0.25) is 0 Å². The van der Waals surface area contributed by atoms with Gasteiger partial charge in [-0.3, -0.25) is 4.79 Å². The Morgan fingerprint density at radius 1 is 0.889 bits per heavy atom. The van der Waals surface area contributed by atoms with Crippen molar-refractivity contribution >= 4 is 12.0 Å².